The summed E-state index contributed by atoms with van der Waals surface area (Å²) in [7, 11) is 0. The summed E-state index contributed by atoms with van der Waals surface area (Å²) in [6, 6.07) is 19.9. The lowest BCUT2D eigenvalue weighted by molar-refractivity contribution is 1.05. The summed E-state index contributed by atoms with van der Waals surface area (Å²) in [6.07, 6.45) is 1.76. The van der Waals surface area contributed by atoms with Gasteiger partial charge in [-0.1, -0.05) is 41.9 Å². The van der Waals surface area contributed by atoms with E-state index in [1.54, 1.807) is 6.20 Å². The highest BCUT2D eigenvalue weighted by atomic mass is 35.5. The summed E-state index contributed by atoms with van der Waals surface area (Å²) in [5.74, 6) is 0.598. The fraction of sp³-hybridized carbons (Fsp3) is 0.0526. The summed E-state index contributed by atoms with van der Waals surface area (Å²) >= 11 is 5.90. The average molecular weight is 335 g/mol. The van der Waals surface area contributed by atoms with E-state index in [1.165, 1.54) is 5.39 Å². The Balaban J connectivity index is 1.55. The Hall–Kier alpha value is -2.85. The molecule has 2 heterocycles. The van der Waals surface area contributed by atoms with E-state index in [0.717, 1.165) is 27.5 Å². The monoisotopic (exact) mass is 334 g/mol. The fourth-order valence-electron chi connectivity index (χ4n) is 2.59. The third-order valence-electron chi connectivity index (χ3n) is 3.83. The topological polar surface area (TPSA) is 53.6 Å². The van der Waals surface area contributed by atoms with Crippen LogP contribution in [0.5, 0.6) is 0 Å². The molecule has 4 rings (SSSR count). The second-order valence-corrected chi connectivity index (χ2v) is 5.95. The molecule has 4 aromatic rings. The van der Waals surface area contributed by atoms with E-state index in [1.807, 2.05) is 42.5 Å². The van der Waals surface area contributed by atoms with Gasteiger partial charge < -0.3 is 10.3 Å². The number of H-pyrrole nitrogens is 1. The smallest absolute Gasteiger partial charge is 0.223 e. The van der Waals surface area contributed by atoms with Crippen LogP contribution >= 0.6 is 11.6 Å². The van der Waals surface area contributed by atoms with Crippen molar-refractivity contribution in [3.8, 4) is 11.4 Å². The number of fused-ring (bicyclic) bond motifs is 1. The second-order valence-electron chi connectivity index (χ2n) is 5.52. The van der Waals surface area contributed by atoms with E-state index < -0.39 is 0 Å². The van der Waals surface area contributed by atoms with Crippen LogP contribution in [0.3, 0.4) is 0 Å². The lowest BCUT2D eigenvalue weighted by Gasteiger charge is -2.06. The van der Waals surface area contributed by atoms with Gasteiger partial charge in [0.05, 0.1) is 11.4 Å². The molecule has 5 heteroatoms. The van der Waals surface area contributed by atoms with Crippen LogP contribution in [0.25, 0.3) is 22.3 Å². The molecule has 0 saturated heterocycles. The first-order chi connectivity index (χ1) is 11.8. The zero-order valence-corrected chi connectivity index (χ0v) is 13.6. The summed E-state index contributed by atoms with van der Waals surface area (Å²) < 4.78 is 0. The van der Waals surface area contributed by atoms with Gasteiger partial charge >= 0.3 is 0 Å². The molecule has 0 spiro atoms. The predicted molar refractivity (Wildman–Crippen MR) is 98.1 cm³/mol. The molecular formula is C19H15ClN4. The second kappa shape index (κ2) is 6.34. The number of aromatic nitrogens is 3. The third-order valence-corrected chi connectivity index (χ3v) is 4.08. The van der Waals surface area contributed by atoms with E-state index in [2.05, 4.69) is 38.5 Å². The maximum absolute atomic E-state index is 5.90. The molecule has 2 aromatic carbocycles. The molecule has 0 fully saturated rings. The van der Waals surface area contributed by atoms with Gasteiger partial charge in [-0.3, -0.25) is 0 Å². The molecule has 24 heavy (non-hydrogen) atoms. The molecular weight excluding hydrogens is 320 g/mol. The summed E-state index contributed by atoms with van der Waals surface area (Å²) in [5.41, 5.74) is 4.06. The highest BCUT2D eigenvalue weighted by molar-refractivity contribution is 6.30. The Morgan fingerprint density at radius 1 is 1.00 bits per heavy atom. The number of hydrogen-bond donors (Lipinski definition) is 2. The number of anilines is 1. The van der Waals surface area contributed by atoms with Gasteiger partial charge in [-0.25, -0.2) is 9.97 Å². The first-order valence-corrected chi connectivity index (χ1v) is 8.05. The van der Waals surface area contributed by atoms with Crippen LogP contribution in [0.15, 0.2) is 66.9 Å². The molecule has 0 aliphatic rings. The Kier molecular flexibility index (Phi) is 3.89. The maximum Gasteiger partial charge on any atom is 0.223 e. The minimum atomic E-state index is 0.598. The Morgan fingerprint density at radius 3 is 2.67 bits per heavy atom. The Bertz CT molecular complexity index is 943. The van der Waals surface area contributed by atoms with Gasteiger partial charge in [0.25, 0.3) is 0 Å². The van der Waals surface area contributed by atoms with Crippen molar-refractivity contribution in [3.05, 3.63) is 77.4 Å². The molecule has 0 aliphatic carbocycles. The number of para-hydroxylation sites is 1. The summed E-state index contributed by atoms with van der Waals surface area (Å²) in [4.78, 5) is 12.3. The molecule has 0 unspecified atom stereocenters. The van der Waals surface area contributed by atoms with Crippen molar-refractivity contribution in [1.29, 1.82) is 0 Å². The van der Waals surface area contributed by atoms with Crippen LogP contribution in [0.4, 0.5) is 5.95 Å². The van der Waals surface area contributed by atoms with Crippen molar-refractivity contribution in [2.75, 3.05) is 5.32 Å². The van der Waals surface area contributed by atoms with E-state index in [-0.39, 0.29) is 0 Å². The molecule has 4 nitrogen and oxygen atoms in total. The zero-order chi connectivity index (χ0) is 16.4. The maximum atomic E-state index is 5.90. The van der Waals surface area contributed by atoms with Gasteiger partial charge in [0.2, 0.25) is 5.95 Å². The Morgan fingerprint density at radius 2 is 1.83 bits per heavy atom. The van der Waals surface area contributed by atoms with Crippen molar-refractivity contribution in [3.63, 3.8) is 0 Å². The Labute approximate surface area is 144 Å². The number of rotatable bonds is 4. The number of halogens is 1. The van der Waals surface area contributed by atoms with Gasteiger partial charge in [-0.2, -0.15) is 0 Å². The van der Waals surface area contributed by atoms with Crippen molar-refractivity contribution in [1.82, 2.24) is 15.0 Å². The molecule has 0 aliphatic heterocycles. The lowest BCUT2D eigenvalue weighted by atomic mass is 10.2. The average Bonchev–Trinajstić information content (AvgIpc) is 3.06. The molecule has 0 saturated carbocycles. The highest BCUT2D eigenvalue weighted by Gasteiger charge is 2.06. The molecule has 0 bridgehead atoms. The molecule has 0 radical (unpaired) electrons. The molecule has 2 aromatic heterocycles. The molecule has 118 valence electrons. The normalized spacial score (nSPS) is 10.9. The minimum Gasteiger partial charge on any atom is -0.353 e. The first kappa shape index (κ1) is 14.7. The number of hydrogen-bond acceptors (Lipinski definition) is 3. The predicted octanol–water partition coefficient (Wildman–Crippen LogP) is 4.89. The van der Waals surface area contributed by atoms with Gasteiger partial charge in [-0.05, 0) is 35.9 Å². The van der Waals surface area contributed by atoms with E-state index in [9.17, 15) is 0 Å². The molecule has 0 amide bonds. The van der Waals surface area contributed by atoms with Gasteiger partial charge in [0.15, 0.2) is 0 Å². The van der Waals surface area contributed by atoms with E-state index in [0.29, 0.717) is 12.5 Å². The van der Waals surface area contributed by atoms with Crippen LogP contribution in [0.1, 0.15) is 5.56 Å². The third kappa shape index (κ3) is 3.09. The molecule has 2 N–H and O–H groups in total. The van der Waals surface area contributed by atoms with Crippen LogP contribution in [-0.2, 0) is 6.54 Å². The number of nitrogens with one attached hydrogen (secondary N) is 2. The van der Waals surface area contributed by atoms with Crippen molar-refractivity contribution in [2.24, 2.45) is 0 Å². The summed E-state index contributed by atoms with van der Waals surface area (Å²) in [6.45, 7) is 0.646. The van der Waals surface area contributed by atoms with Crippen molar-refractivity contribution in [2.45, 2.75) is 6.54 Å². The SMILES string of the molecule is Clc1ccc(CNc2nccc(-c3cc4ccccc4[nH]3)n2)cc1. The number of aromatic amines is 1. The van der Waals surface area contributed by atoms with Crippen LogP contribution < -0.4 is 5.32 Å². The highest BCUT2D eigenvalue weighted by Crippen LogP contribution is 2.23. The number of nitrogens with zero attached hydrogens (tertiary/aromatic N) is 2. The van der Waals surface area contributed by atoms with Crippen LogP contribution in [0, 0.1) is 0 Å². The van der Waals surface area contributed by atoms with Crippen LogP contribution in [-0.4, -0.2) is 15.0 Å². The standard InChI is InChI=1S/C19H15ClN4/c20-15-7-5-13(6-8-15)12-22-19-21-10-9-17(24-19)18-11-14-3-1-2-4-16(14)23-18/h1-11,23H,12H2,(H,21,22,24). The van der Waals surface area contributed by atoms with Crippen molar-refractivity contribution < 1.29 is 0 Å². The lowest BCUT2D eigenvalue weighted by Crippen LogP contribution is -2.03. The molecule has 0 atom stereocenters. The quantitative estimate of drug-likeness (QED) is 0.558. The largest absolute Gasteiger partial charge is 0.353 e. The first-order valence-electron chi connectivity index (χ1n) is 7.67. The zero-order valence-electron chi connectivity index (χ0n) is 12.8. The van der Waals surface area contributed by atoms with Crippen molar-refractivity contribution >= 4 is 28.5 Å². The van der Waals surface area contributed by atoms with E-state index in [4.69, 9.17) is 11.6 Å². The fourth-order valence-corrected chi connectivity index (χ4v) is 2.71. The minimum absolute atomic E-state index is 0.598. The summed E-state index contributed by atoms with van der Waals surface area (Å²) in [5, 5.41) is 5.15. The van der Waals surface area contributed by atoms with Gasteiger partial charge in [0.1, 0.15) is 0 Å². The number of benzene rings is 2. The van der Waals surface area contributed by atoms with Gasteiger partial charge in [-0.15, -0.1) is 0 Å². The van der Waals surface area contributed by atoms with E-state index >= 15 is 0 Å². The van der Waals surface area contributed by atoms with Gasteiger partial charge in [0, 0.05) is 28.7 Å². The van der Waals surface area contributed by atoms with Crippen LogP contribution in [0.2, 0.25) is 5.02 Å².